The molecule has 0 unspecified atom stereocenters. The van der Waals surface area contributed by atoms with E-state index in [1.54, 1.807) is 22.4 Å². The zero-order valence-electron chi connectivity index (χ0n) is 18.4. The maximum atomic E-state index is 13.1. The van der Waals surface area contributed by atoms with Gasteiger partial charge >= 0.3 is 6.09 Å². The Bertz CT molecular complexity index is 1290. The van der Waals surface area contributed by atoms with Crippen LogP contribution in [0.15, 0.2) is 30.5 Å². The van der Waals surface area contributed by atoms with E-state index in [-0.39, 0.29) is 12.0 Å². The molecule has 10 heteroatoms. The Morgan fingerprint density at radius 2 is 2.06 bits per heavy atom. The molecular weight excluding hydrogens is 476 g/mol. The first kappa shape index (κ1) is 21.6. The number of pyridine rings is 1. The summed E-state index contributed by atoms with van der Waals surface area (Å²) in [5, 5.41) is 3.88. The summed E-state index contributed by atoms with van der Waals surface area (Å²) < 4.78 is 12.3. The molecular formula is C24H23ClN4O4S. The molecule has 1 atom stereocenters. The summed E-state index contributed by atoms with van der Waals surface area (Å²) in [6.07, 6.45) is 1.45. The van der Waals surface area contributed by atoms with Gasteiger partial charge in [0, 0.05) is 65.4 Å². The number of piperazine rings is 1. The average molecular weight is 499 g/mol. The van der Waals surface area contributed by atoms with Gasteiger partial charge in [0.2, 0.25) is 0 Å². The zero-order chi connectivity index (χ0) is 23.2. The first-order valence-corrected chi connectivity index (χ1v) is 12.5. The van der Waals surface area contributed by atoms with Crippen molar-refractivity contribution in [3.05, 3.63) is 45.9 Å². The molecule has 1 aromatic carbocycles. The van der Waals surface area contributed by atoms with Crippen LogP contribution in [0.25, 0.3) is 21.3 Å². The highest BCUT2D eigenvalue weighted by Gasteiger charge is 2.35. The lowest BCUT2D eigenvalue weighted by atomic mass is 10.0. The third-order valence-electron chi connectivity index (χ3n) is 6.44. The van der Waals surface area contributed by atoms with E-state index in [2.05, 4.69) is 10.3 Å². The van der Waals surface area contributed by atoms with E-state index in [1.165, 1.54) is 0 Å². The monoisotopic (exact) mass is 498 g/mol. The normalized spacial score (nSPS) is 19.9. The molecule has 0 radical (unpaired) electrons. The first-order chi connectivity index (χ1) is 16.6. The maximum absolute atomic E-state index is 13.1. The Kier molecular flexibility index (Phi) is 5.55. The second kappa shape index (κ2) is 8.72. The number of amides is 2. The van der Waals surface area contributed by atoms with Gasteiger partial charge in [-0.3, -0.25) is 14.7 Å². The van der Waals surface area contributed by atoms with Crippen LogP contribution in [0.1, 0.15) is 10.4 Å². The van der Waals surface area contributed by atoms with Crippen molar-refractivity contribution >= 4 is 45.2 Å². The van der Waals surface area contributed by atoms with Crippen LogP contribution in [0.3, 0.4) is 0 Å². The number of hydrogen-bond donors (Lipinski definition) is 1. The molecule has 3 aliphatic rings. The van der Waals surface area contributed by atoms with E-state index < -0.39 is 6.10 Å². The largest absolute Gasteiger partial charge is 0.479 e. The Morgan fingerprint density at radius 1 is 1.21 bits per heavy atom. The molecule has 2 aromatic heterocycles. The smallest absolute Gasteiger partial charge is 0.410 e. The van der Waals surface area contributed by atoms with Gasteiger partial charge in [0.05, 0.1) is 23.3 Å². The molecule has 2 amide bonds. The van der Waals surface area contributed by atoms with Crippen LogP contribution < -0.4 is 10.1 Å². The van der Waals surface area contributed by atoms with E-state index in [0.717, 1.165) is 44.9 Å². The Morgan fingerprint density at radius 3 is 2.85 bits per heavy atom. The Labute approximate surface area is 205 Å². The third-order valence-corrected chi connectivity index (χ3v) is 7.81. The highest BCUT2D eigenvalue weighted by molar-refractivity contribution is 7.19. The molecule has 6 rings (SSSR count). The van der Waals surface area contributed by atoms with Gasteiger partial charge in [0.15, 0.2) is 6.10 Å². The summed E-state index contributed by atoms with van der Waals surface area (Å²) in [5.74, 6) is 0.735. The fourth-order valence-electron chi connectivity index (χ4n) is 4.79. The number of fused-ring (bicyclic) bond motifs is 2. The molecule has 3 aliphatic heterocycles. The van der Waals surface area contributed by atoms with E-state index in [9.17, 15) is 9.59 Å². The van der Waals surface area contributed by atoms with E-state index in [1.807, 2.05) is 29.2 Å². The van der Waals surface area contributed by atoms with E-state index in [4.69, 9.17) is 21.1 Å². The fourth-order valence-corrected chi connectivity index (χ4v) is 6.18. The summed E-state index contributed by atoms with van der Waals surface area (Å²) in [7, 11) is 0. The molecule has 1 N–H and O–H groups in total. The van der Waals surface area contributed by atoms with Crippen molar-refractivity contribution in [1.29, 1.82) is 0 Å². The summed E-state index contributed by atoms with van der Waals surface area (Å²) >= 11 is 8.11. The van der Waals surface area contributed by atoms with Crippen LogP contribution in [-0.2, 0) is 22.5 Å². The van der Waals surface area contributed by atoms with Gasteiger partial charge in [0.1, 0.15) is 12.4 Å². The number of aromatic nitrogens is 1. The third kappa shape index (κ3) is 3.87. The van der Waals surface area contributed by atoms with Crippen LogP contribution in [-0.4, -0.2) is 72.2 Å². The minimum atomic E-state index is -0.539. The van der Waals surface area contributed by atoms with Crippen LogP contribution >= 0.6 is 22.9 Å². The molecule has 2 fully saturated rings. The van der Waals surface area contributed by atoms with Gasteiger partial charge in [-0.1, -0.05) is 11.6 Å². The van der Waals surface area contributed by atoms with Crippen molar-refractivity contribution in [3.63, 3.8) is 0 Å². The highest BCUT2D eigenvalue weighted by Crippen LogP contribution is 2.45. The van der Waals surface area contributed by atoms with Crippen molar-refractivity contribution in [2.45, 2.75) is 19.1 Å². The summed E-state index contributed by atoms with van der Waals surface area (Å²) in [5.41, 5.74) is 3.61. The number of thiophene rings is 1. The van der Waals surface area contributed by atoms with Crippen molar-refractivity contribution in [2.24, 2.45) is 0 Å². The van der Waals surface area contributed by atoms with Crippen molar-refractivity contribution in [1.82, 2.24) is 20.1 Å². The zero-order valence-corrected chi connectivity index (χ0v) is 20.0. The lowest BCUT2D eigenvalue weighted by Crippen LogP contribution is -2.50. The average Bonchev–Trinajstić information content (AvgIpc) is 3.56. The van der Waals surface area contributed by atoms with Crippen LogP contribution in [0.5, 0.6) is 5.75 Å². The number of halogens is 1. The molecule has 176 valence electrons. The van der Waals surface area contributed by atoms with Crippen LogP contribution in [0.2, 0.25) is 5.02 Å². The SMILES string of the molecule is O=C1OCCN1Cc1cc2nccc(-c3cc(Cl)cc4c3O[C@@H](C(=O)N3CCNCC3)C4)c2s1. The number of nitrogens with one attached hydrogen (secondary N) is 1. The van der Waals surface area contributed by atoms with Crippen molar-refractivity contribution < 1.29 is 19.1 Å². The molecule has 8 nitrogen and oxygen atoms in total. The molecule has 2 saturated heterocycles. The Balaban J connectivity index is 1.34. The topological polar surface area (TPSA) is 84.0 Å². The summed E-state index contributed by atoms with van der Waals surface area (Å²) in [6.45, 7) is 4.48. The lowest BCUT2D eigenvalue weighted by Gasteiger charge is -2.29. The van der Waals surface area contributed by atoms with Gasteiger partial charge in [0.25, 0.3) is 5.91 Å². The number of carbonyl (C=O) groups excluding carboxylic acids is 2. The second-order valence-electron chi connectivity index (χ2n) is 8.65. The predicted octanol–water partition coefficient (Wildman–Crippen LogP) is 3.30. The van der Waals surface area contributed by atoms with Gasteiger partial charge in [-0.2, -0.15) is 0 Å². The standard InChI is InChI=1S/C24H23ClN4O4S/c25-15-9-14-10-20(23(30)28-5-3-26-4-6-28)33-21(14)18(11-15)17-1-2-27-19-12-16(34-22(17)19)13-29-7-8-32-24(29)31/h1-2,9,11-12,20,26H,3-8,10,13H2/t20-/m1/s1. The Hall–Kier alpha value is -2.88. The second-order valence-corrected chi connectivity index (χ2v) is 10.2. The van der Waals surface area contributed by atoms with Crippen LogP contribution in [0, 0.1) is 0 Å². The van der Waals surface area contributed by atoms with Gasteiger partial charge < -0.3 is 19.7 Å². The number of carbonyl (C=O) groups is 2. The molecule has 34 heavy (non-hydrogen) atoms. The number of nitrogens with zero attached hydrogens (tertiary/aromatic N) is 3. The molecule has 5 heterocycles. The van der Waals surface area contributed by atoms with Crippen LogP contribution in [0.4, 0.5) is 4.79 Å². The van der Waals surface area contributed by atoms with Gasteiger partial charge in [-0.05, 0) is 24.3 Å². The minimum Gasteiger partial charge on any atom is -0.479 e. The van der Waals surface area contributed by atoms with Gasteiger partial charge in [-0.15, -0.1) is 11.3 Å². The fraction of sp³-hybridized carbons (Fsp3) is 0.375. The van der Waals surface area contributed by atoms with Crippen molar-refractivity contribution in [2.75, 3.05) is 39.3 Å². The number of hydrogen-bond acceptors (Lipinski definition) is 7. The first-order valence-electron chi connectivity index (χ1n) is 11.3. The molecule has 0 aliphatic carbocycles. The quantitative estimate of drug-likeness (QED) is 0.594. The minimum absolute atomic E-state index is 0.0237. The summed E-state index contributed by atoms with van der Waals surface area (Å²) in [4.78, 5) is 34.1. The van der Waals surface area contributed by atoms with Crippen molar-refractivity contribution in [3.8, 4) is 16.9 Å². The molecule has 0 spiro atoms. The van der Waals surface area contributed by atoms with E-state index >= 15 is 0 Å². The van der Waals surface area contributed by atoms with Gasteiger partial charge in [-0.25, -0.2) is 4.79 Å². The lowest BCUT2D eigenvalue weighted by molar-refractivity contribution is -0.138. The highest BCUT2D eigenvalue weighted by atomic mass is 35.5. The maximum Gasteiger partial charge on any atom is 0.410 e. The molecule has 0 bridgehead atoms. The number of benzene rings is 1. The number of cyclic esters (lactones) is 1. The van der Waals surface area contributed by atoms with E-state index in [0.29, 0.717) is 50.0 Å². The molecule has 3 aromatic rings. The number of rotatable bonds is 4. The summed E-state index contributed by atoms with van der Waals surface area (Å²) in [6, 6.07) is 7.75. The predicted molar refractivity (Wildman–Crippen MR) is 129 cm³/mol. The number of ether oxygens (including phenoxy) is 2. The molecule has 0 saturated carbocycles.